The normalized spacial score (nSPS) is 11.2. The van der Waals surface area contributed by atoms with Crippen LogP contribution in [0.3, 0.4) is 0 Å². The molecule has 0 fully saturated rings. The number of amides is 2. The van der Waals surface area contributed by atoms with Crippen molar-refractivity contribution in [2.75, 3.05) is 16.8 Å². The van der Waals surface area contributed by atoms with Gasteiger partial charge in [-0.05, 0) is 59.7 Å². The summed E-state index contributed by atoms with van der Waals surface area (Å²) in [4.78, 5) is 31.8. The van der Waals surface area contributed by atoms with Gasteiger partial charge in [-0.3, -0.25) is 4.90 Å². The quantitative estimate of drug-likeness (QED) is 0.455. The van der Waals surface area contributed by atoms with Gasteiger partial charge >= 0.3 is 12.2 Å². The van der Waals surface area contributed by atoms with Crippen LogP contribution in [0.5, 0.6) is 11.5 Å². The Kier molecular flexibility index (Phi) is 7.31. The van der Waals surface area contributed by atoms with Gasteiger partial charge in [-0.1, -0.05) is 12.1 Å². The predicted molar refractivity (Wildman–Crippen MR) is 120 cm³/mol. The third-order valence-corrected chi connectivity index (χ3v) is 3.70. The van der Waals surface area contributed by atoms with Gasteiger partial charge in [-0.25, -0.2) is 14.6 Å². The molecule has 0 N–H and O–H groups in total. The van der Waals surface area contributed by atoms with Gasteiger partial charge in [-0.15, -0.1) is 0 Å². The van der Waals surface area contributed by atoms with Crippen LogP contribution >= 0.6 is 0 Å². The minimum Gasteiger partial charge on any atom is -0.455 e. The maximum atomic E-state index is 12.8. The second kappa shape index (κ2) is 9.56. The van der Waals surface area contributed by atoms with Gasteiger partial charge in [0.2, 0.25) is 0 Å². The van der Waals surface area contributed by atoms with Crippen LogP contribution in [0.25, 0.3) is 0 Å². The molecule has 0 atom stereocenters. The Labute approximate surface area is 188 Å². The summed E-state index contributed by atoms with van der Waals surface area (Å²) < 4.78 is 16.7. The van der Waals surface area contributed by atoms with Crippen molar-refractivity contribution in [1.29, 1.82) is 5.26 Å². The maximum absolute atomic E-state index is 12.8. The highest BCUT2D eigenvalue weighted by Gasteiger charge is 2.33. The largest absolute Gasteiger partial charge is 0.455 e. The molecule has 0 unspecified atom stereocenters. The Balaban J connectivity index is 2.43. The molecule has 2 amide bonds. The van der Waals surface area contributed by atoms with Crippen molar-refractivity contribution in [2.45, 2.75) is 52.7 Å². The lowest BCUT2D eigenvalue weighted by atomic mass is 10.2. The van der Waals surface area contributed by atoms with Crippen LogP contribution < -0.4 is 14.5 Å². The van der Waals surface area contributed by atoms with Crippen LogP contribution in [0.4, 0.5) is 21.1 Å². The standard InChI is InChI=1S/C23H28N4O5/c1-22(2,3)31-20(28)27(21(29)32-23(4,5)6)19-14-16(12-13-25-19)30-18-11-9-8-10-17(18)26(7)15-24/h8-14H,1-7H3. The SMILES string of the molecule is CN(C#N)c1ccccc1Oc1ccnc(N(C(=O)OC(C)(C)C)C(=O)OC(C)(C)C)c1. The molecule has 32 heavy (non-hydrogen) atoms. The number of para-hydroxylation sites is 2. The Bertz CT molecular complexity index is 990. The van der Waals surface area contributed by atoms with Crippen molar-refractivity contribution in [3.05, 3.63) is 42.6 Å². The Morgan fingerprint density at radius 1 is 0.969 bits per heavy atom. The zero-order valence-corrected chi connectivity index (χ0v) is 19.4. The molecule has 0 aliphatic rings. The number of aromatic nitrogens is 1. The molecule has 2 aromatic rings. The molecule has 170 valence electrons. The third-order valence-electron chi connectivity index (χ3n) is 3.70. The summed E-state index contributed by atoms with van der Waals surface area (Å²) >= 11 is 0. The highest BCUT2D eigenvalue weighted by Crippen LogP contribution is 2.32. The summed E-state index contributed by atoms with van der Waals surface area (Å²) in [6, 6.07) is 9.95. The van der Waals surface area contributed by atoms with E-state index in [0.29, 0.717) is 17.2 Å². The van der Waals surface area contributed by atoms with E-state index in [4.69, 9.17) is 14.2 Å². The number of carbonyl (C=O) groups is 2. The van der Waals surface area contributed by atoms with Crippen LogP contribution in [0, 0.1) is 11.5 Å². The summed E-state index contributed by atoms with van der Waals surface area (Å²) in [7, 11) is 1.60. The fourth-order valence-electron chi connectivity index (χ4n) is 2.46. The Morgan fingerprint density at radius 3 is 2.06 bits per heavy atom. The second-order valence-electron chi connectivity index (χ2n) is 8.87. The predicted octanol–water partition coefficient (Wildman–Crippen LogP) is 5.47. The van der Waals surface area contributed by atoms with Gasteiger partial charge in [0.1, 0.15) is 17.0 Å². The second-order valence-corrected chi connectivity index (χ2v) is 8.87. The number of hydrogen-bond acceptors (Lipinski definition) is 8. The minimum absolute atomic E-state index is 0.0304. The van der Waals surface area contributed by atoms with Crippen LogP contribution in [-0.4, -0.2) is 35.4 Å². The summed E-state index contributed by atoms with van der Waals surface area (Å²) in [5.74, 6) is 0.679. The molecule has 0 spiro atoms. The number of carbonyl (C=O) groups excluding carboxylic acids is 2. The van der Waals surface area contributed by atoms with E-state index in [2.05, 4.69) is 4.98 Å². The van der Waals surface area contributed by atoms with Crippen molar-refractivity contribution in [2.24, 2.45) is 0 Å². The summed E-state index contributed by atoms with van der Waals surface area (Å²) in [5.41, 5.74) is -1.14. The molecule has 0 radical (unpaired) electrons. The number of pyridine rings is 1. The lowest BCUT2D eigenvalue weighted by Crippen LogP contribution is -2.44. The Hall–Kier alpha value is -3.80. The molecule has 0 bridgehead atoms. The van der Waals surface area contributed by atoms with Crippen LogP contribution in [-0.2, 0) is 9.47 Å². The van der Waals surface area contributed by atoms with Gasteiger partial charge < -0.3 is 14.2 Å². The molecule has 0 aliphatic heterocycles. The van der Waals surface area contributed by atoms with E-state index in [9.17, 15) is 14.9 Å². The first-order chi connectivity index (χ1) is 14.8. The molecule has 2 rings (SSSR count). The molecule has 0 saturated heterocycles. The molecular weight excluding hydrogens is 412 g/mol. The summed E-state index contributed by atoms with van der Waals surface area (Å²) in [6.07, 6.45) is 1.55. The first-order valence-corrected chi connectivity index (χ1v) is 9.93. The maximum Gasteiger partial charge on any atom is 0.425 e. The number of nitrogens with zero attached hydrogens (tertiary/aromatic N) is 4. The first-order valence-electron chi connectivity index (χ1n) is 9.93. The van der Waals surface area contributed by atoms with Crippen molar-refractivity contribution < 1.29 is 23.8 Å². The third kappa shape index (κ3) is 6.87. The molecule has 9 nitrogen and oxygen atoms in total. The topological polar surface area (TPSA) is 105 Å². The van der Waals surface area contributed by atoms with Crippen molar-refractivity contribution in [1.82, 2.24) is 4.98 Å². The average molecular weight is 441 g/mol. The van der Waals surface area contributed by atoms with Gasteiger partial charge in [0, 0.05) is 19.3 Å². The summed E-state index contributed by atoms with van der Waals surface area (Å²) in [6.45, 7) is 10.1. The van der Waals surface area contributed by atoms with Crippen molar-refractivity contribution in [3.8, 4) is 17.7 Å². The van der Waals surface area contributed by atoms with Crippen LogP contribution in [0.1, 0.15) is 41.5 Å². The van der Waals surface area contributed by atoms with E-state index in [0.717, 1.165) is 4.90 Å². The number of imide groups is 1. The van der Waals surface area contributed by atoms with Gasteiger partial charge in [0.15, 0.2) is 17.8 Å². The number of anilines is 2. The molecule has 1 aromatic carbocycles. The highest BCUT2D eigenvalue weighted by atomic mass is 16.6. The van der Waals surface area contributed by atoms with Gasteiger partial charge in [0.05, 0.1) is 5.69 Å². The van der Waals surface area contributed by atoms with Crippen LogP contribution in [0.15, 0.2) is 42.6 Å². The molecule has 0 saturated carbocycles. The zero-order chi connectivity index (χ0) is 24.1. The Morgan fingerprint density at radius 2 is 1.53 bits per heavy atom. The zero-order valence-electron chi connectivity index (χ0n) is 19.4. The lowest BCUT2D eigenvalue weighted by Gasteiger charge is -2.28. The van der Waals surface area contributed by atoms with E-state index in [-0.39, 0.29) is 5.82 Å². The van der Waals surface area contributed by atoms with E-state index >= 15 is 0 Å². The number of rotatable bonds is 4. The lowest BCUT2D eigenvalue weighted by molar-refractivity contribution is 0.0429. The van der Waals surface area contributed by atoms with Gasteiger partial charge in [0.25, 0.3) is 0 Å². The molecule has 1 aromatic heterocycles. The van der Waals surface area contributed by atoms with E-state index < -0.39 is 23.4 Å². The van der Waals surface area contributed by atoms with E-state index in [1.165, 1.54) is 17.2 Å². The van der Waals surface area contributed by atoms with Gasteiger partial charge in [-0.2, -0.15) is 10.2 Å². The highest BCUT2D eigenvalue weighted by molar-refractivity contribution is 6.08. The number of ether oxygens (including phenoxy) is 3. The first kappa shape index (κ1) is 24.5. The number of nitriles is 1. The van der Waals surface area contributed by atoms with Crippen molar-refractivity contribution in [3.63, 3.8) is 0 Å². The number of benzene rings is 1. The monoisotopic (exact) mass is 440 g/mol. The minimum atomic E-state index is -0.930. The fourth-order valence-corrected chi connectivity index (χ4v) is 2.46. The fraction of sp³-hybridized carbons (Fsp3) is 0.391. The molecule has 9 heteroatoms. The summed E-state index contributed by atoms with van der Waals surface area (Å²) in [5, 5.41) is 9.20. The van der Waals surface area contributed by atoms with E-state index in [1.54, 1.807) is 78.9 Å². The average Bonchev–Trinajstić information content (AvgIpc) is 2.65. The molecule has 0 aliphatic carbocycles. The molecular formula is C23H28N4O5. The van der Waals surface area contributed by atoms with E-state index in [1.807, 2.05) is 6.19 Å². The van der Waals surface area contributed by atoms with Crippen molar-refractivity contribution >= 4 is 23.7 Å². The number of hydrogen-bond donors (Lipinski definition) is 0. The smallest absolute Gasteiger partial charge is 0.425 e. The molecule has 1 heterocycles. The van der Waals surface area contributed by atoms with Crippen LogP contribution in [0.2, 0.25) is 0 Å².